The summed E-state index contributed by atoms with van der Waals surface area (Å²) in [7, 11) is 0. The maximum Gasteiger partial charge on any atom is 0.159 e. The molecular weight excluding hydrogens is 348 g/mol. The molecule has 28 heavy (non-hydrogen) atoms. The number of pyridine rings is 1. The highest BCUT2D eigenvalue weighted by molar-refractivity contribution is 5.93. The SMILES string of the molecule is CC(C)c1ccc(Nc2ncnc(Nc3cccc4cccnc34)c2N)cc1. The van der Waals surface area contributed by atoms with Gasteiger partial charge in [-0.25, -0.2) is 9.97 Å². The molecule has 0 atom stereocenters. The van der Waals surface area contributed by atoms with Crippen LogP contribution >= 0.6 is 0 Å². The molecule has 0 unspecified atom stereocenters. The zero-order chi connectivity index (χ0) is 19.5. The van der Waals surface area contributed by atoms with Gasteiger partial charge in [-0.05, 0) is 35.7 Å². The summed E-state index contributed by atoms with van der Waals surface area (Å²) in [4.78, 5) is 13.1. The summed E-state index contributed by atoms with van der Waals surface area (Å²) in [6.07, 6.45) is 3.26. The number of nitrogens with two attached hydrogens (primary N) is 1. The van der Waals surface area contributed by atoms with Crippen molar-refractivity contribution >= 4 is 39.6 Å². The molecule has 6 nitrogen and oxygen atoms in total. The van der Waals surface area contributed by atoms with Gasteiger partial charge < -0.3 is 16.4 Å². The van der Waals surface area contributed by atoms with Crippen molar-refractivity contribution < 1.29 is 0 Å². The zero-order valence-corrected chi connectivity index (χ0v) is 15.8. The average molecular weight is 370 g/mol. The molecule has 0 aliphatic heterocycles. The fourth-order valence-electron chi connectivity index (χ4n) is 3.02. The van der Waals surface area contributed by atoms with Crippen LogP contribution in [0.4, 0.5) is 28.7 Å². The Morgan fingerprint density at radius 1 is 0.821 bits per heavy atom. The molecule has 0 radical (unpaired) electrons. The van der Waals surface area contributed by atoms with Gasteiger partial charge in [-0.15, -0.1) is 0 Å². The highest BCUT2D eigenvalue weighted by atomic mass is 15.1. The molecule has 0 spiro atoms. The Labute approximate surface area is 163 Å². The van der Waals surface area contributed by atoms with Gasteiger partial charge in [0, 0.05) is 17.3 Å². The van der Waals surface area contributed by atoms with Gasteiger partial charge in [0.25, 0.3) is 0 Å². The van der Waals surface area contributed by atoms with E-state index in [-0.39, 0.29) is 0 Å². The first-order chi connectivity index (χ1) is 13.6. The van der Waals surface area contributed by atoms with Crippen LogP contribution in [0.2, 0.25) is 0 Å². The predicted molar refractivity (Wildman–Crippen MR) is 115 cm³/mol. The number of fused-ring (bicyclic) bond motifs is 1. The summed E-state index contributed by atoms with van der Waals surface area (Å²) < 4.78 is 0. The van der Waals surface area contributed by atoms with E-state index < -0.39 is 0 Å². The number of para-hydroxylation sites is 1. The average Bonchev–Trinajstić information content (AvgIpc) is 2.71. The minimum Gasteiger partial charge on any atom is -0.393 e. The van der Waals surface area contributed by atoms with Gasteiger partial charge in [0.05, 0.1) is 11.2 Å². The lowest BCUT2D eigenvalue weighted by atomic mass is 10.0. The predicted octanol–water partition coefficient (Wildman–Crippen LogP) is 5.22. The lowest BCUT2D eigenvalue weighted by Gasteiger charge is -2.14. The summed E-state index contributed by atoms with van der Waals surface area (Å²) in [5.41, 5.74) is 10.7. The fourth-order valence-corrected chi connectivity index (χ4v) is 3.02. The Morgan fingerprint density at radius 3 is 2.29 bits per heavy atom. The first kappa shape index (κ1) is 17.7. The Morgan fingerprint density at radius 2 is 1.54 bits per heavy atom. The lowest BCUT2D eigenvalue weighted by molar-refractivity contribution is 0.867. The van der Waals surface area contributed by atoms with Crippen LogP contribution in [0.1, 0.15) is 25.3 Å². The summed E-state index contributed by atoms with van der Waals surface area (Å²) in [5, 5.41) is 7.60. The standard InChI is InChI=1S/C22H22N6/c1-14(2)15-8-10-17(11-9-15)27-21-19(23)22(26-13-25-21)28-18-7-3-5-16-6-4-12-24-20(16)18/h3-14H,23H2,1-2H3,(H2,25,26,27,28). The van der Waals surface area contributed by atoms with Crippen LogP contribution in [0.3, 0.4) is 0 Å². The quantitative estimate of drug-likeness (QED) is 0.446. The fraction of sp³-hybridized carbons (Fsp3) is 0.136. The maximum atomic E-state index is 6.33. The Balaban J connectivity index is 1.61. The van der Waals surface area contributed by atoms with Gasteiger partial charge in [0.2, 0.25) is 0 Å². The third kappa shape index (κ3) is 3.57. The molecule has 0 amide bonds. The van der Waals surface area contributed by atoms with E-state index in [9.17, 15) is 0 Å². The Bertz CT molecular complexity index is 1100. The van der Waals surface area contributed by atoms with E-state index >= 15 is 0 Å². The van der Waals surface area contributed by atoms with Gasteiger partial charge >= 0.3 is 0 Å². The topological polar surface area (TPSA) is 88.8 Å². The third-order valence-electron chi connectivity index (χ3n) is 4.61. The first-order valence-corrected chi connectivity index (χ1v) is 9.20. The minimum absolute atomic E-state index is 0.448. The van der Waals surface area contributed by atoms with Gasteiger partial charge in [0.15, 0.2) is 11.6 Å². The largest absolute Gasteiger partial charge is 0.393 e. The first-order valence-electron chi connectivity index (χ1n) is 9.20. The normalized spacial score (nSPS) is 11.0. The number of aromatic nitrogens is 3. The van der Waals surface area contributed by atoms with Crippen molar-refractivity contribution in [2.45, 2.75) is 19.8 Å². The zero-order valence-electron chi connectivity index (χ0n) is 15.8. The van der Waals surface area contributed by atoms with E-state index in [1.54, 1.807) is 6.20 Å². The molecule has 6 heteroatoms. The number of hydrogen-bond acceptors (Lipinski definition) is 6. The second-order valence-electron chi connectivity index (χ2n) is 6.89. The molecule has 4 rings (SSSR count). The molecule has 0 fully saturated rings. The summed E-state index contributed by atoms with van der Waals surface area (Å²) in [6.45, 7) is 4.34. The van der Waals surface area contributed by atoms with Crippen molar-refractivity contribution in [1.82, 2.24) is 15.0 Å². The number of anilines is 5. The summed E-state index contributed by atoms with van der Waals surface area (Å²) >= 11 is 0. The molecule has 0 saturated carbocycles. The second kappa shape index (κ2) is 7.52. The van der Waals surface area contributed by atoms with E-state index in [1.165, 1.54) is 11.9 Å². The molecule has 2 aromatic heterocycles. The molecule has 4 aromatic rings. The van der Waals surface area contributed by atoms with E-state index in [1.807, 2.05) is 42.5 Å². The van der Waals surface area contributed by atoms with Crippen LogP contribution in [0, 0.1) is 0 Å². The number of nitrogens with one attached hydrogen (secondary N) is 2. The van der Waals surface area contributed by atoms with E-state index in [0.717, 1.165) is 22.3 Å². The summed E-state index contributed by atoms with van der Waals surface area (Å²) in [5.74, 6) is 1.58. The number of hydrogen-bond donors (Lipinski definition) is 3. The van der Waals surface area contributed by atoms with Crippen LogP contribution in [0.15, 0.2) is 67.1 Å². The molecule has 0 aliphatic rings. The summed E-state index contributed by atoms with van der Waals surface area (Å²) in [6, 6.07) is 18.1. The van der Waals surface area contributed by atoms with Crippen LogP contribution < -0.4 is 16.4 Å². The molecule has 4 N–H and O–H groups in total. The monoisotopic (exact) mass is 370 g/mol. The van der Waals surface area contributed by atoms with Crippen LogP contribution in [0.5, 0.6) is 0 Å². The van der Waals surface area contributed by atoms with Crippen LogP contribution in [-0.2, 0) is 0 Å². The van der Waals surface area contributed by atoms with Crippen LogP contribution in [-0.4, -0.2) is 15.0 Å². The van der Waals surface area contributed by atoms with Gasteiger partial charge in [-0.3, -0.25) is 4.98 Å². The van der Waals surface area contributed by atoms with Gasteiger partial charge in [0.1, 0.15) is 12.0 Å². The van der Waals surface area contributed by atoms with Gasteiger partial charge in [-0.1, -0.05) is 44.2 Å². The molecule has 2 aromatic carbocycles. The highest BCUT2D eigenvalue weighted by Crippen LogP contribution is 2.30. The van der Waals surface area contributed by atoms with Gasteiger partial charge in [-0.2, -0.15) is 0 Å². The Kier molecular flexibility index (Phi) is 4.76. The number of rotatable bonds is 5. The van der Waals surface area contributed by atoms with Crippen molar-refractivity contribution in [2.75, 3.05) is 16.4 Å². The number of nitrogen functional groups attached to an aromatic ring is 1. The van der Waals surface area contributed by atoms with Crippen molar-refractivity contribution in [3.05, 3.63) is 72.7 Å². The van der Waals surface area contributed by atoms with E-state index in [0.29, 0.717) is 23.2 Å². The van der Waals surface area contributed by atoms with Crippen LogP contribution in [0.25, 0.3) is 10.9 Å². The molecule has 2 heterocycles. The Hall–Kier alpha value is -3.67. The third-order valence-corrected chi connectivity index (χ3v) is 4.61. The second-order valence-corrected chi connectivity index (χ2v) is 6.89. The molecule has 0 aliphatic carbocycles. The number of nitrogens with zero attached hydrogens (tertiary/aromatic N) is 3. The van der Waals surface area contributed by atoms with E-state index in [2.05, 4.69) is 51.6 Å². The number of benzene rings is 2. The molecule has 0 bridgehead atoms. The van der Waals surface area contributed by atoms with E-state index in [4.69, 9.17) is 5.73 Å². The lowest BCUT2D eigenvalue weighted by Crippen LogP contribution is -2.05. The molecule has 0 saturated heterocycles. The minimum atomic E-state index is 0.448. The van der Waals surface area contributed by atoms with Crippen molar-refractivity contribution in [3.63, 3.8) is 0 Å². The smallest absolute Gasteiger partial charge is 0.159 e. The van der Waals surface area contributed by atoms with Crippen molar-refractivity contribution in [2.24, 2.45) is 0 Å². The van der Waals surface area contributed by atoms with Crippen molar-refractivity contribution in [3.8, 4) is 0 Å². The highest BCUT2D eigenvalue weighted by Gasteiger charge is 2.11. The maximum absolute atomic E-state index is 6.33. The molecule has 140 valence electrons. The van der Waals surface area contributed by atoms with Crippen molar-refractivity contribution in [1.29, 1.82) is 0 Å². The molecular formula is C22H22N6.